The summed E-state index contributed by atoms with van der Waals surface area (Å²) < 4.78 is 5.99. The number of carbonyl (C=O) groups is 2. The quantitative estimate of drug-likeness (QED) is 0.817. The number of esters is 1. The van der Waals surface area contributed by atoms with Gasteiger partial charge in [-0.1, -0.05) is 6.07 Å². The standard InChI is InChI=1S/C14H15N3O4/c1-3-21-12(18)7-16-13(19)10-6-15-11-5-4-9(2)8-17(11)14(10)20/h4-6,8H,3,7H2,1-2H3,(H,16,19). The van der Waals surface area contributed by atoms with Crippen LogP contribution in [-0.4, -0.2) is 34.4 Å². The van der Waals surface area contributed by atoms with Gasteiger partial charge in [0.25, 0.3) is 11.5 Å². The summed E-state index contributed by atoms with van der Waals surface area (Å²) >= 11 is 0. The third-order valence-corrected chi connectivity index (χ3v) is 2.79. The highest BCUT2D eigenvalue weighted by atomic mass is 16.5. The molecule has 1 amide bonds. The van der Waals surface area contributed by atoms with Gasteiger partial charge in [-0.05, 0) is 25.5 Å². The Balaban J connectivity index is 2.26. The zero-order valence-corrected chi connectivity index (χ0v) is 11.8. The van der Waals surface area contributed by atoms with Crippen LogP contribution in [0.3, 0.4) is 0 Å². The third kappa shape index (κ3) is 3.25. The summed E-state index contributed by atoms with van der Waals surface area (Å²) in [5.41, 5.74) is 0.718. The van der Waals surface area contributed by atoms with E-state index in [2.05, 4.69) is 10.3 Å². The molecule has 0 spiro atoms. The number of hydrogen-bond donors (Lipinski definition) is 1. The van der Waals surface area contributed by atoms with Gasteiger partial charge >= 0.3 is 5.97 Å². The molecule has 0 bridgehead atoms. The Hall–Kier alpha value is -2.70. The van der Waals surface area contributed by atoms with Crippen molar-refractivity contribution in [1.82, 2.24) is 14.7 Å². The highest BCUT2D eigenvalue weighted by Crippen LogP contribution is 2.01. The summed E-state index contributed by atoms with van der Waals surface area (Å²) in [5, 5.41) is 2.34. The fraction of sp³-hybridized carbons (Fsp3) is 0.286. The van der Waals surface area contributed by atoms with Crippen molar-refractivity contribution in [3.63, 3.8) is 0 Å². The van der Waals surface area contributed by atoms with E-state index in [-0.39, 0.29) is 18.7 Å². The molecule has 0 saturated carbocycles. The highest BCUT2D eigenvalue weighted by molar-refractivity contribution is 5.95. The molecule has 110 valence electrons. The van der Waals surface area contributed by atoms with E-state index in [0.717, 1.165) is 5.56 Å². The van der Waals surface area contributed by atoms with Gasteiger partial charge in [0.05, 0.1) is 6.61 Å². The molecular weight excluding hydrogens is 274 g/mol. The topological polar surface area (TPSA) is 89.8 Å². The van der Waals surface area contributed by atoms with Gasteiger partial charge in [0.2, 0.25) is 0 Å². The Bertz CT molecular complexity index is 751. The SMILES string of the molecule is CCOC(=O)CNC(=O)c1cnc2ccc(C)cn2c1=O. The Morgan fingerprint density at radius 2 is 2.14 bits per heavy atom. The summed E-state index contributed by atoms with van der Waals surface area (Å²) in [6, 6.07) is 3.51. The predicted molar refractivity (Wildman–Crippen MR) is 75.2 cm³/mol. The highest BCUT2D eigenvalue weighted by Gasteiger charge is 2.14. The first-order chi connectivity index (χ1) is 10.0. The lowest BCUT2D eigenvalue weighted by molar-refractivity contribution is -0.141. The van der Waals surface area contributed by atoms with Crippen molar-refractivity contribution < 1.29 is 14.3 Å². The smallest absolute Gasteiger partial charge is 0.325 e. The largest absolute Gasteiger partial charge is 0.465 e. The number of fused-ring (bicyclic) bond motifs is 1. The number of carbonyl (C=O) groups excluding carboxylic acids is 2. The van der Waals surface area contributed by atoms with Crippen molar-refractivity contribution in [3.8, 4) is 0 Å². The number of rotatable bonds is 4. The third-order valence-electron chi connectivity index (χ3n) is 2.79. The van der Waals surface area contributed by atoms with E-state index in [1.54, 1.807) is 19.2 Å². The molecule has 0 aliphatic carbocycles. The van der Waals surface area contributed by atoms with Gasteiger partial charge in [0.15, 0.2) is 0 Å². The van der Waals surface area contributed by atoms with E-state index in [0.29, 0.717) is 5.65 Å². The second-order valence-electron chi connectivity index (χ2n) is 4.40. The summed E-state index contributed by atoms with van der Waals surface area (Å²) in [6.07, 6.45) is 2.81. The summed E-state index contributed by atoms with van der Waals surface area (Å²) in [6.45, 7) is 3.44. The number of hydrogen-bond acceptors (Lipinski definition) is 5. The van der Waals surface area contributed by atoms with Gasteiger partial charge in [-0.3, -0.25) is 18.8 Å². The van der Waals surface area contributed by atoms with E-state index in [4.69, 9.17) is 4.74 Å². The van der Waals surface area contributed by atoms with Crippen LogP contribution in [-0.2, 0) is 9.53 Å². The lowest BCUT2D eigenvalue weighted by atomic mass is 10.2. The zero-order valence-electron chi connectivity index (χ0n) is 11.8. The molecule has 0 unspecified atom stereocenters. The minimum atomic E-state index is -0.656. The number of nitrogens with one attached hydrogen (secondary N) is 1. The average molecular weight is 289 g/mol. The number of ether oxygens (including phenoxy) is 1. The van der Waals surface area contributed by atoms with E-state index >= 15 is 0 Å². The average Bonchev–Trinajstić information content (AvgIpc) is 2.46. The fourth-order valence-electron chi connectivity index (χ4n) is 1.80. The number of aryl methyl sites for hydroxylation is 1. The molecule has 0 aliphatic heterocycles. The number of pyridine rings is 1. The van der Waals surface area contributed by atoms with Crippen LogP contribution in [0.25, 0.3) is 5.65 Å². The van der Waals surface area contributed by atoms with Gasteiger partial charge < -0.3 is 10.1 Å². The molecule has 0 atom stereocenters. The Labute approximate surface area is 120 Å². The summed E-state index contributed by atoms with van der Waals surface area (Å²) in [7, 11) is 0. The van der Waals surface area contributed by atoms with Crippen LogP contribution >= 0.6 is 0 Å². The van der Waals surface area contributed by atoms with Gasteiger partial charge in [0.1, 0.15) is 17.8 Å². The lowest BCUT2D eigenvalue weighted by Gasteiger charge is -2.06. The van der Waals surface area contributed by atoms with Crippen molar-refractivity contribution >= 4 is 17.5 Å². The summed E-state index contributed by atoms with van der Waals surface area (Å²) in [5.74, 6) is -1.22. The van der Waals surface area contributed by atoms with Crippen LogP contribution in [0.1, 0.15) is 22.8 Å². The van der Waals surface area contributed by atoms with Crippen molar-refractivity contribution in [3.05, 3.63) is 46.0 Å². The van der Waals surface area contributed by atoms with Gasteiger partial charge in [-0.25, -0.2) is 4.98 Å². The monoisotopic (exact) mass is 289 g/mol. The predicted octanol–water partition coefficient (Wildman–Crippen LogP) is 0.296. The number of nitrogens with zero attached hydrogens (tertiary/aromatic N) is 2. The van der Waals surface area contributed by atoms with Crippen molar-refractivity contribution in [2.45, 2.75) is 13.8 Å². The van der Waals surface area contributed by atoms with Gasteiger partial charge in [-0.2, -0.15) is 0 Å². The molecule has 2 rings (SSSR count). The molecular formula is C14H15N3O4. The molecule has 2 aromatic rings. The molecule has 2 heterocycles. The second kappa shape index (κ2) is 6.17. The molecule has 0 aromatic carbocycles. The Kier molecular flexibility index (Phi) is 4.32. The van der Waals surface area contributed by atoms with E-state index < -0.39 is 17.4 Å². The number of amides is 1. The van der Waals surface area contributed by atoms with Crippen LogP contribution in [0.2, 0.25) is 0 Å². The molecule has 7 heteroatoms. The second-order valence-corrected chi connectivity index (χ2v) is 4.40. The van der Waals surface area contributed by atoms with Crippen molar-refractivity contribution in [2.24, 2.45) is 0 Å². The minimum absolute atomic E-state index is 0.123. The summed E-state index contributed by atoms with van der Waals surface area (Å²) in [4.78, 5) is 39.4. The molecule has 2 aromatic heterocycles. The molecule has 0 radical (unpaired) electrons. The molecule has 0 fully saturated rings. The molecule has 1 N–H and O–H groups in total. The maximum absolute atomic E-state index is 12.2. The van der Waals surface area contributed by atoms with Crippen LogP contribution in [0, 0.1) is 6.92 Å². The normalized spacial score (nSPS) is 10.4. The molecule has 7 nitrogen and oxygen atoms in total. The molecule has 21 heavy (non-hydrogen) atoms. The Morgan fingerprint density at radius 1 is 1.38 bits per heavy atom. The van der Waals surface area contributed by atoms with Crippen LogP contribution in [0.4, 0.5) is 0 Å². The Morgan fingerprint density at radius 3 is 2.86 bits per heavy atom. The van der Waals surface area contributed by atoms with Crippen molar-refractivity contribution in [1.29, 1.82) is 0 Å². The van der Waals surface area contributed by atoms with E-state index in [1.165, 1.54) is 10.6 Å². The molecule has 0 aliphatic rings. The first kappa shape index (κ1) is 14.7. The maximum Gasteiger partial charge on any atom is 0.325 e. The zero-order chi connectivity index (χ0) is 15.4. The first-order valence-corrected chi connectivity index (χ1v) is 6.44. The van der Waals surface area contributed by atoms with E-state index in [1.807, 2.05) is 13.0 Å². The van der Waals surface area contributed by atoms with Crippen LogP contribution < -0.4 is 10.9 Å². The number of aromatic nitrogens is 2. The van der Waals surface area contributed by atoms with Crippen LogP contribution in [0.15, 0.2) is 29.3 Å². The fourth-order valence-corrected chi connectivity index (χ4v) is 1.80. The minimum Gasteiger partial charge on any atom is -0.465 e. The van der Waals surface area contributed by atoms with Gasteiger partial charge in [-0.15, -0.1) is 0 Å². The van der Waals surface area contributed by atoms with E-state index in [9.17, 15) is 14.4 Å². The first-order valence-electron chi connectivity index (χ1n) is 6.44. The van der Waals surface area contributed by atoms with Gasteiger partial charge in [0, 0.05) is 12.4 Å². The van der Waals surface area contributed by atoms with Crippen LogP contribution in [0.5, 0.6) is 0 Å². The molecule has 0 saturated heterocycles. The maximum atomic E-state index is 12.2. The van der Waals surface area contributed by atoms with Crippen molar-refractivity contribution in [2.75, 3.05) is 13.2 Å². The lowest BCUT2D eigenvalue weighted by Crippen LogP contribution is -2.35.